The zero-order chi connectivity index (χ0) is 20.1. The molecule has 0 bridgehead atoms. The van der Waals surface area contributed by atoms with Crippen LogP contribution in [0.15, 0.2) is 42.5 Å². The Kier molecular flexibility index (Phi) is 5.93. The first kappa shape index (κ1) is 19.4. The zero-order valence-corrected chi connectivity index (χ0v) is 15.5. The highest BCUT2D eigenvalue weighted by molar-refractivity contribution is 5.96. The van der Waals surface area contributed by atoms with E-state index in [-0.39, 0.29) is 42.0 Å². The monoisotopic (exact) mass is 382 g/mol. The van der Waals surface area contributed by atoms with Crippen LogP contribution < -0.4 is 15.4 Å². The first-order chi connectivity index (χ1) is 13.5. The van der Waals surface area contributed by atoms with Crippen LogP contribution in [0, 0.1) is 5.92 Å². The maximum absolute atomic E-state index is 12.2. The number of carbonyl (C=O) groups excluding carboxylic acids is 2. The quantitative estimate of drug-likeness (QED) is 0.683. The average Bonchev–Trinajstić information content (AvgIpc) is 2.70. The third-order valence-corrected chi connectivity index (χ3v) is 4.82. The van der Waals surface area contributed by atoms with Gasteiger partial charge in [-0.15, -0.1) is 0 Å². The fourth-order valence-electron chi connectivity index (χ4n) is 3.27. The number of rotatable bonds is 7. The van der Waals surface area contributed by atoms with Gasteiger partial charge in [0.15, 0.2) is 0 Å². The molecule has 0 aromatic heterocycles. The van der Waals surface area contributed by atoms with Crippen LogP contribution in [0.25, 0.3) is 0 Å². The van der Waals surface area contributed by atoms with E-state index in [1.807, 2.05) is 24.3 Å². The van der Waals surface area contributed by atoms with Gasteiger partial charge in [-0.1, -0.05) is 24.3 Å². The number of ether oxygens (including phenoxy) is 1. The van der Waals surface area contributed by atoms with Gasteiger partial charge in [0.25, 0.3) is 0 Å². The molecule has 1 aliphatic rings. The number of benzene rings is 2. The highest BCUT2D eigenvalue weighted by Crippen LogP contribution is 2.27. The highest BCUT2D eigenvalue weighted by atomic mass is 16.5. The van der Waals surface area contributed by atoms with Gasteiger partial charge >= 0.3 is 5.97 Å². The molecule has 2 aromatic rings. The van der Waals surface area contributed by atoms with Crippen molar-refractivity contribution < 1.29 is 24.2 Å². The SMILES string of the molecule is COc1ccc(CNC(=O)CC[C@@H]2Cc3ccccc3NC2=O)cc1C(=O)O. The second-order valence-corrected chi connectivity index (χ2v) is 6.70. The molecule has 1 heterocycles. The second kappa shape index (κ2) is 8.56. The lowest BCUT2D eigenvalue weighted by molar-refractivity contribution is -0.123. The molecule has 146 valence electrons. The van der Waals surface area contributed by atoms with Crippen molar-refractivity contribution >= 4 is 23.5 Å². The molecule has 0 radical (unpaired) electrons. The van der Waals surface area contributed by atoms with Crippen molar-refractivity contribution in [2.24, 2.45) is 5.92 Å². The van der Waals surface area contributed by atoms with E-state index in [1.54, 1.807) is 12.1 Å². The van der Waals surface area contributed by atoms with Crippen LogP contribution >= 0.6 is 0 Å². The predicted molar refractivity (Wildman–Crippen MR) is 103 cm³/mol. The Balaban J connectivity index is 1.52. The Morgan fingerprint density at radius 1 is 1.25 bits per heavy atom. The number of para-hydroxylation sites is 1. The molecule has 3 N–H and O–H groups in total. The van der Waals surface area contributed by atoms with Gasteiger partial charge in [-0.2, -0.15) is 0 Å². The lowest BCUT2D eigenvalue weighted by Crippen LogP contribution is -2.31. The maximum Gasteiger partial charge on any atom is 0.339 e. The van der Waals surface area contributed by atoms with Crippen LogP contribution in [0.3, 0.4) is 0 Å². The van der Waals surface area contributed by atoms with Crippen molar-refractivity contribution in [2.75, 3.05) is 12.4 Å². The smallest absolute Gasteiger partial charge is 0.339 e. The maximum atomic E-state index is 12.2. The first-order valence-corrected chi connectivity index (χ1v) is 9.03. The van der Waals surface area contributed by atoms with Crippen LogP contribution in [-0.2, 0) is 22.6 Å². The topological polar surface area (TPSA) is 105 Å². The second-order valence-electron chi connectivity index (χ2n) is 6.70. The predicted octanol–water partition coefficient (Wildman–Crippen LogP) is 2.60. The summed E-state index contributed by atoms with van der Waals surface area (Å²) in [6, 6.07) is 12.4. The van der Waals surface area contributed by atoms with Gasteiger partial charge < -0.3 is 20.5 Å². The number of fused-ring (bicyclic) bond motifs is 1. The van der Waals surface area contributed by atoms with Crippen LogP contribution in [-0.4, -0.2) is 30.0 Å². The highest BCUT2D eigenvalue weighted by Gasteiger charge is 2.26. The molecule has 0 spiro atoms. The van der Waals surface area contributed by atoms with Gasteiger partial charge in [0.2, 0.25) is 11.8 Å². The number of methoxy groups -OCH3 is 1. The van der Waals surface area contributed by atoms with Crippen molar-refractivity contribution in [1.82, 2.24) is 5.32 Å². The van der Waals surface area contributed by atoms with Crippen molar-refractivity contribution in [3.05, 3.63) is 59.2 Å². The molecule has 0 saturated heterocycles. The Bertz CT molecular complexity index is 909. The van der Waals surface area contributed by atoms with Crippen LogP contribution in [0.4, 0.5) is 5.69 Å². The van der Waals surface area contributed by atoms with E-state index in [2.05, 4.69) is 10.6 Å². The van der Waals surface area contributed by atoms with E-state index in [1.165, 1.54) is 13.2 Å². The Hall–Kier alpha value is -3.35. The van der Waals surface area contributed by atoms with Crippen molar-refractivity contribution in [1.29, 1.82) is 0 Å². The van der Waals surface area contributed by atoms with Gasteiger partial charge in [-0.05, 0) is 42.2 Å². The van der Waals surface area contributed by atoms with Crippen LogP contribution in [0.1, 0.15) is 34.3 Å². The van der Waals surface area contributed by atoms with Crippen molar-refractivity contribution in [3.63, 3.8) is 0 Å². The summed E-state index contributed by atoms with van der Waals surface area (Å²) in [6.07, 6.45) is 1.30. The molecular formula is C21H22N2O5. The average molecular weight is 382 g/mol. The summed E-state index contributed by atoms with van der Waals surface area (Å²) < 4.78 is 5.02. The van der Waals surface area contributed by atoms with Crippen molar-refractivity contribution in [3.8, 4) is 5.75 Å². The summed E-state index contributed by atoms with van der Waals surface area (Å²) in [5.74, 6) is -1.30. The number of carboxylic acids is 1. The van der Waals surface area contributed by atoms with Gasteiger partial charge in [-0.3, -0.25) is 9.59 Å². The molecule has 0 unspecified atom stereocenters. The lowest BCUT2D eigenvalue weighted by atomic mass is 9.89. The van der Waals surface area contributed by atoms with Gasteiger partial charge in [0.05, 0.1) is 7.11 Å². The molecular weight excluding hydrogens is 360 g/mol. The molecule has 2 aromatic carbocycles. The largest absolute Gasteiger partial charge is 0.496 e. The number of anilines is 1. The first-order valence-electron chi connectivity index (χ1n) is 9.03. The Morgan fingerprint density at radius 2 is 2.04 bits per heavy atom. The molecule has 2 amide bonds. The summed E-state index contributed by atoms with van der Waals surface area (Å²) >= 11 is 0. The van der Waals surface area contributed by atoms with Gasteiger partial charge in [-0.25, -0.2) is 4.79 Å². The molecule has 0 saturated carbocycles. The van der Waals surface area contributed by atoms with E-state index in [0.29, 0.717) is 18.4 Å². The number of hydrogen-bond donors (Lipinski definition) is 3. The fraction of sp³-hybridized carbons (Fsp3) is 0.286. The van der Waals surface area contributed by atoms with Crippen LogP contribution in [0.5, 0.6) is 5.75 Å². The molecule has 1 atom stereocenters. The van der Waals surface area contributed by atoms with Crippen LogP contribution in [0.2, 0.25) is 0 Å². The number of hydrogen-bond acceptors (Lipinski definition) is 4. The molecule has 7 heteroatoms. The van der Waals surface area contributed by atoms with E-state index in [0.717, 1.165) is 11.3 Å². The van der Waals surface area contributed by atoms with Gasteiger partial charge in [0.1, 0.15) is 11.3 Å². The lowest BCUT2D eigenvalue weighted by Gasteiger charge is -2.24. The fourth-order valence-corrected chi connectivity index (χ4v) is 3.27. The minimum Gasteiger partial charge on any atom is -0.496 e. The van der Waals surface area contributed by atoms with E-state index in [9.17, 15) is 19.5 Å². The Labute approximate surface area is 162 Å². The Morgan fingerprint density at radius 3 is 2.79 bits per heavy atom. The standard InChI is InChI=1S/C21H22N2O5/c1-28-18-8-6-13(10-16(18)21(26)27)12-22-19(24)9-7-15-11-14-4-2-3-5-17(14)23-20(15)25/h2-6,8,10,15H,7,9,11-12H2,1H3,(H,22,24)(H,23,25)(H,26,27)/t15-/m1/s1. The summed E-state index contributed by atoms with van der Waals surface area (Å²) in [4.78, 5) is 35.6. The summed E-state index contributed by atoms with van der Waals surface area (Å²) in [6.45, 7) is 0.211. The molecule has 0 fully saturated rings. The summed E-state index contributed by atoms with van der Waals surface area (Å²) in [5.41, 5.74) is 2.62. The zero-order valence-electron chi connectivity index (χ0n) is 15.5. The van der Waals surface area contributed by atoms with E-state index in [4.69, 9.17) is 4.74 Å². The van der Waals surface area contributed by atoms with E-state index >= 15 is 0 Å². The molecule has 0 aliphatic carbocycles. The van der Waals surface area contributed by atoms with Crippen molar-refractivity contribution in [2.45, 2.75) is 25.8 Å². The number of nitrogens with one attached hydrogen (secondary N) is 2. The number of carbonyl (C=O) groups is 3. The van der Waals surface area contributed by atoms with E-state index < -0.39 is 5.97 Å². The van der Waals surface area contributed by atoms with Gasteiger partial charge in [0, 0.05) is 24.6 Å². The third kappa shape index (κ3) is 4.49. The minimum atomic E-state index is -1.09. The molecule has 1 aliphatic heterocycles. The molecule has 7 nitrogen and oxygen atoms in total. The minimum absolute atomic E-state index is 0.0480. The molecule has 3 rings (SSSR count). The summed E-state index contributed by atoms with van der Waals surface area (Å²) in [7, 11) is 1.41. The number of aromatic carboxylic acids is 1. The third-order valence-electron chi connectivity index (χ3n) is 4.82. The summed E-state index contributed by atoms with van der Waals surface area (Å²) in [5, 5.41) is 14.9. The molecule has 28 heavy (non-hydrogen) atoms. The number of amides is 2. The normalized spacial score (nSPS) is 15.3. The number of carboxylic acid groups (broad SMARTS) is 1.